The van der Waals surface area contributed by atoms with Crippen molar-refractivity contribution in [3.05, 3.63) is 24.3 Å². The summed E-state index contributed by atoms with van der Waals surface area (Å²) < 4.78 is 6.03. The number of halogens is 1. The zero-order valence-electron chi connectivity index (χ0n) is 13.3. The van der Waals surface area contributed by atoms with Crippen LogP contribution in [0.1, 0.15) is 51.9 Å². The van der Waals surface area contributed by atoms with Gasteiger partial charge < -0.3 is 9.84 Å². The molecule has 5 atom stereocenters. The van der Waals surface area contributed by atoms with Gasteiger partial charge in [0, 0.05) is 12.3 Å². The van der Waals surface area contributed by atoms with Gasteiger partial charge in [-0.3, -0.25) is 4.79 Å². The van der Waals surface area contributed by atoms with Gasteiger partial charge >= 0.3 is 5.97 Å². The van der Waals surface area contributed by atoms with E-state index in [1.807, 2.05) is 0 Å². The molecule has 0 radical (unpaired) electrons. The summed E-state index contributed by atoms with van der Waals surface area (Å²) in [6, 6.07) is 0. The van der Waals surface area contributed by atoms with Gasteiger partial charge in [0.1, 0.15) is 0 Å². The molecular weight excluding hydrogens is 300 g/mol. The van der Waals surface area contributed by atoms with E-state index in [-0.39, 0.29) is 17.9 Å². The van der Waals surface area contributed by atoms with E-state index in [1.165, 1.54) is 0 Å². The van der Waals surface area contributed by atoms with Gasteiger partial charge in [-0.05, 0) is 44.4 Å². The molecule has 2 aliphatic rings. The highest BCUT2D eigenvalue weighted by atomic mass is 35.5. The Labute approximate surface area is 138 Å². The smallest absolute Gasteiger partial charge is 0.303 e. The first-order valence-electron chi connectivity index (χ1n) is 8.46. The monoisotopic (exact) mass is 326 g/mol. The van der Waals surface area contributed by atoms with E-state index in [1.54, 1.807) is 0 Å². The quantitative estimate of drug-likeness (QED) is 0.384. The van der Waals surface area contributed by atoms with Gasteiger partial charge in [-0.25, -0.2) is 0 Å². The molecule has 0 amide bonds. The minimum Gasteiger partial charge on any atom is -0.481 e. The van der Waals surface area contributed by atoms with Crippen molar-refractivity contribution in [2.45, 2.75) is 69.5 Å². The van der Waals surface area contributed by atoms with Gasteiger partial charge in [0.25, 0.3) is 0 Å². The lowest BCUT2D eigenvalue weighted by molar-refractivity contribution is -0.137. The van der Waals surface area contributed by atoms with Gasteiger partial charge in [0.05, 0.1) is 17.6 Å². The maximum atomic E-state index is 10.4. The summed E-state index contributed by atoms with van der Waals surface area (Å²) in [4.78, 5) is 10.4. The van der Waals surface area contributed by atoms with Crippen LogP contribution in [0.3, 0.4) is 0 Å². The zero-order chi connectivity index (χ0) is 15.9. The van der Waals surface area contributed by atoms with Crippen molar-refractivity contribution >= 4 is 17.6 Å². The molecule has 3 nitrogen and oxygen atoms in total. The lowest BCUT2D eigenvalue weighted by atomic mass is 9.91. The summed E-state index contributed by atoms with van der Waals surface area (Å²) >= 11 is 6.34. The number of unbranched alkanes of at least 4 members (excludes halogenated alkanes) is 2. The van der Waals surface area contributed by atoms with Crippen molar-refractivity contribution in [1.29, 1.82) is 0 Å². The average Bonchev–Trinajstić information content (AvgIpc) is 2.98. The molecule has 1 aliphatic carbocycles. The van der Waals surface area contributed by atoms with Crippen molar-refractivity contribution in [2.24, 2.45) is 11.8 Å². The Morgan fingerprint density at radius 2 is 2.14 bits per heavy atom. The van der Waals surface area contributed by atoms with Crippen LogP contribution in [0.15, 0.2) is 24.3 Å². The van der Waals surface area contributed by atoms with Crippen molar-refractivity contribution in [3.63, 3.8) is 0 Å². The fraction of sp³-hybridized carbons (Fsp3) is 0.722. The van der Waals surface area contributed by atoms with Gasteiger partial charge in [-0.15, -0.1) is 11.6 Å². The number of ether oxygens (including phenoxy) is 1. The van der Waals surface area contributed by atoms with Crippen LogP contribution in [0.5, 0.6) is 0 Å². The number of hydrogen-bond acceptors (Lipinski definition) is 2. The highest BCUT2D eigenvalue weighted by Gasteiger charge is 2.52. The van der Waals surface area contributed by atoms with E-state index in [4.69, 9.17) is 21.4 Å². The molecule has 2 bridgehead atoms. The number of fused-ring (bicyclic) bond motifs is 2. The van der Waals surface area contributed by atoms with Crippen molar-refractivity contribution in [3.8, 4) is 0 Å². The molecule has 0 spiro atoms. The molecule has 0 aromatic carbocycles. The maximum Gasteiger partial charge on any atom is 0.303 e. The molecule has 0 aromatic rings. The van der Waals surface area contributed by atoms with Gasteiger partial charge in [0.2, 0.25) is 0 Å². The molecule has 1 saturated carbocycles. The maximum absolute atomic E-state index is 10.4. The second kappa shape index (κ2) is 8.73. The topological polar surface area (TPSA) is 46.5 Å². The number of carboxylic acids is 1. The minimum absolute atomic E-state index is 0.173. The number of alkyl halides is 1. The molecule has 22 heavy (non-hydrogen) atoms. The van der Waals surface area contributed by atoms with Crippen LogP contribution in [0.2, 0.25) is 0 Å². The Morgan fingerprint density at radius 3 is 2.86 bits per heavy atom. The first-order valence-corrected chi connectivity index (χ1v) is 8.90. The van der Waals surface area contributed by atoms with Gasteiger partial charge in [0.15, 0.2) is 0 Å². The summed E-state index contributed by atoms with van der Waals surface area (Å²) in [5, 5.41) is 8.72. The fourth-order valence-electron chi connectivity index (χ4n) is 3.63. The van der Waals surface area contributed by atoms with Crippen molar-refractivity contribution in [2.75, 3.05) is 0 Å². The normalized spacial score (nSPS) is 34.2. The highest BCUT2D eigenvalue weighted by Crippen LogP contribution is 2.48. The molecular formula is C18H27ClO3. The second-order valence-corrected chi connectivity index (χ2v) is 6.88. The zero-order valence-corrected chi connectivity index (χ0v) is 14.0. The van der Waals surface area contributed by atoms with Crippen LogP contribution in [0.4, 0.5) is 0 Å². The number of carboxylic acid groups (broad SMARTS) is 1. The molecule has 2 rings (SSSR count). The first kappa shape index (κ1) is 17.6. The molecule has 4 heteroatoms. The number of rotatable bonds is 9. The van der Waals surface area contributed by atoms with E-state index in [2.05, 4.69) is 31.2 Å². The Hall–Kier alpha value is -0.800. The van der Waals surface area contributed by atoms with Crippen LogP contribution in [-0.4, -0.2) is 28.7 Å². The van der Waals surface area contributed by atoms with Crippen LogP contribution >= 0.6 is 11.6 Å². The van der Waals surface area contributed by atoms with Crippen molar-refractivity contribution < 1.29 is 14.6 Å². The molecule has 1 saturated heterocycles. The van der Waals surface area contributed by atoms with E-state index >= 15 is 0 Å². The lowest BCUT2D eigenvalue weighted by Crippen LogP contribution is -2.27. The third kappa shape index (κ3) is 4.60. The van der Waals surface area contributed by atoms with Crippen LogP contribution < -0.4 is 0 Å². The van der Waals surface area contributed by atoms with E-state index in [9.17, 15) is 4.79 Å². The number of hydrogen-bond donors (Lipinski definition) is 1. The Morgan fingerprint density at radius 1 is 1.32 bits per heavy atom. The molecule has 0 unspecified atom stereocenters. The van der Waals surface area contributed by atoms with Crippen LogP contribution in [0, 0.1) is 11.8 Å². The lowest BCUT2D eigenvalue weighted by Gasteiger charge is -2.23. The number of allylic oxidation sites excluding steroid dienone is 3. The van der Waals surface area contributed by atoms with Crippen LogP contribution in [-0.2, 0) is 9.53 Å². The third-order valence-corrected chi connectivity index (χ3v) is 5.17. The van der Waals surface area contributed by atoms with E-state index in [0.717, 1.165) is 38.5 Å². The van der Waals surface area contributed by atoms with E-state index in [0.29, 0.717) is 17.9 Å². The Balaban J connectivity index is 1.65. The predicted octanol–water partition coefficient (Wildman–Crippen LogP) is 4.55. The summed E-state index contributed by atoms with van der Waals surface area (Å²) in [5.41, 5.74) is 0. The summed E-state index contributed by atoms with van der Waals surface area (Å²) in [6.07, 6.45) is 15.4. The summed E-state index contributed by atoms with van der Waals surface area (Å²) in [5.74, 6) is 0.369. The minimum atomic E-state index is -0.705. The summed E-state index contributed by atoms with van der Waals surface area (Å²) in [6.45, 7) is 2.18. The second-order valence-electron chi connectivity index (χ2n) is 6.32. The molecule has 1 N–H and O–H groups in total. The largest absolute Gasteiger partial charge is 0.481 e. The van der Waals surface area contributed by atoms with Crippen molar-refractivity contribution in [1.82, 2.24) is 0 Å². The molecule has 1 aliphatic heterocycles. The number of aliphatic carboxylic acids is 1. The molecule has 2 fully saturated rings. The Bertz CT molecular complexity index is 419. The highest BCUT2D eigenvalue weighted by molar-refractivity contribution is 6.21. The SMILES string of the molecule is CC[C@H]1O[C@@H]2[C@@H](C=CCC=CCCCCC(=O)O)[C@H]1C[C@H]2Cl. The molecule has 0 aromatic heterocycles. The molecule has 124 valence electrons. The van der Waals surface area contributed by atoms with Gasteiger partial charge in [-0.2, -0.15) is 0 Å². The Kier molecular flexibility index (Phi) is 6.97. The standard InChI is InChI=1S/C18H27ClO3/c1-2-16-14-12-15(19)18(22-16)13(14)10-8-6-4-3-5-7-9-11-17(20)21/h3-4,8,10,13-16,18H,2,5-7,9,11-12H2,1H3,(H,20,21)/t13-,14+,15+,16+,18+/m0/s1. The third-order valence-electron chi connectivity index (χ3n) is 4.75. The van der Waals surface area contributed by atoms with E-state index < -0.39 is 5.97 Å². The molecule has 1 heterocycles. The summed E-state index contributed by atoms with van der Waals surface area (Å²) in [7, 11) is 0. The number of carbonyl (C=O) groups is 1. The van der Waals surface area contributed by atoms with Gasteiger partial charge in [-0.1, -0.05) is 31.2 Å². The average molecular weight is 327 g/mol. The van der Waals surface area contributed by atoms with Crippen LogP contribution in [0.25, 0.3) is 0 Å². The fourth-order valence-corrected chi connectivity index (χ4v) is 4.07. The predicted molar refractivity (Wildman–Crippen MR) is 89.2 cm³/mol. The first-order chi connectivity index (χ1) is 10.6.